The number of rotatable bonds is 11. The highest BCUT2D eigenvalue weighted by Gasteiger charge is 2.65. The Morgan fingerprint density at radius 3 is 1.93 bits per heavy atom. The van der Waals surface area contributed by atoms with Gasteiger partial charge < -0.3 is 19.8 Å². The average Bonchev–Trinajstić information content (AvgIpc) is 2.50. The third-order valence-corrected chi connectivity index (χ3v) is 3.97. The van der Waals surface area contributed by atoms with E-state index in [1.165, 1.54) is 0 Å². The third-order valence-electron chi connectivity index (χ3n) is 3.04. The standard InChI is InChI=1S/C12H14F7NO7S/c1-2-7(21)27-10(8(20)22,11(15,16)17)26-6-4-3-5-9(13,14)12(18,19)28(23,24)25/h2H,1,3-6H2,(H2,20,22)(H,23,24,25)/p-1. The predicted octanol–water partition coefficient (Wildman–Crippen LogP) is 1.42. The Kier molecular flexibility index (Phi) is 8.01. The van der Waals surface area contributed by atoms with Crippen LogP contribution in [-0.4, -0.2) is 54.6 Å². The van der Waals surface area contributed by atoms with Crippen LogP contribution in [0.4, 0.5) is 30.7 Å². The number of alkyl halides is 7. The van der Waals surface area contributed by atoms with Crippen molar-refractivity contribution in [1.82, 2.24) is 0 Å². The summed E-state index contributed by atoms with van der Waals surface area (Å²) in [5.41, 5.74) is 4.53. The first-order chi connectivity index (χ1) is 12.4. The first kappa shape index (κ1) is 26.1. The summed E-state index contributed by atoms with van der Waals surface area (Å²) in [5, 5.41) is -5.96. The molecular weight excluding hydrogens is 435 g/mol. The van der Waals surface area contributed by atoms with E-state index in [9.17, 15) is 53.3 Å². The fourth-order valence-corrected chi connectivity index (χ4v) is 2.07. The fourth-order valence-electron chi connectivity index (χ4n) is 1.61. The summed E-state index contributed by atoms with van der Waals surface area (Å²) in [7, 11) is -6.71. The molecule has 0 aliphatic carbocycles. The maximum absolute atomic E-state index is 13.2. The number of hydrogen-bond acceptors (Lipinski definition) is 7. The molecule has 0 radical (unpaired) electrons. The maximum atomic E-state index is 13.2. The Labute approximate surface area is 153 Å². The van der Waals surface area contributed by atoms with Crippen LogP contribution in [0.25, 0.3) is 0 Å². The van der Waals surface area contributed by atoms with Crippen LogP contribution in [0, 0.1) is 0 Å². The molecule has 0 aliphatic rings. The minimum absolute atomic E-state index is 0.235. The molecule has 0 spiro atoms. The second-order valence-corrected chi connectivity index (χ2v) is 6.51. The molecule has 0 bridgehead atoms. The molecule has 8 nitrogen and oxygen atoms in total. The van der Waals surface area contributed by atoms with Gasteiger partial charge >= 0.3 is 35.0 Å². The Hall–Kier alpha value is -1.94. The van der Waals surface area contributed by atoms with Crippen LogP contribution in [0.2, 0.25) is 0 Å². The van der Waals surface area contributed by atoms with Crippen molar-refractivity contribution in [1.29, 1.82) is 0 Å². The second kappa shape index (κ2) is 8.60. The zero-order chi connectivity index (χ0) is 22.6. The van der Waals surface area contributed by atoms with Gasteiger partial charge in [-0.05, 0) is 12.8 Å². The highest BCUT2D eigenvalue weighted by atomic mass is 32.2. The number of carbonyl (C=O) groups is 2. The van der Waals surface area contributed by atoms with E-state index in [-0.39, 0.29) is 6.08 Å². The summed E-state index contributed by atoms with van der Waals surface area (Å²) in [6.07, 6.45) is -9.34. The normalized spacial score (nSPS) is 15.6. The topological polar surface area (TPSA) is 136 Å². The molecule has 1 amide bonds. The first-order valence-corrected chi connectivity index (χ1v) is 8.33. The molecule has 164 valence electrons. The van der Waals surface area contributed by atoms with Crippen LogP contribution >= 0.6 is 0 Å². The highest BCUT2D eigenvalue weighted by molar-refractivity contribution is 7.86. The van der Waals surface area contributed by atoms with Crippen LogP contribution in [0.1, 0.15) is 19.3 Å². The van der Waals surface area contributed by atoms with Gasteiger partial charge in [0.05, 0.1) is 6.61 Å². The van der Waals surface area contributed by atoms with Gasteiger partial charge in [-0.25, -0.2) is 13.2 Å². The van der Waals surface area contributed by atoms with Crippen molar-refractivity contribution in [3.8, 4) is 0 Å². The van der Waals surface area contributed by atoms with Gasteiger partial charge in [0, 0.05) is 12.5 Å². The van der Waals surface area contributed by atoms with Crippen molar-refractivity contribution in [2.45, 2.75) is 42.4 Å². The summed E-state index contributed by atoms with van der Waals surface area (Å²) in [6, 6.07) is 0. The summed E-state index contributed by atoms with van der Waals surface area (Å²) in [6.45, 7) is 1.54. The molecule has 1 unspecified atom stereocenters. The van der Waals surface area contributed by atoms with E-state index in [2.05, 4.69) is 21.8 Å². The summed E-state index contributed by atoms with van der Waals surface area (Å²) in [5.74, 6) is -13.7. The quantitative estimate of drug-likeness (QED) is 0.126. The minimum Gasteiger partial charge on any atom is -0.743 e. The Bertz CT molecular complexity index is 708. The van der Waals surface area contributed by atoms with Crippen LogP contribution in [0.15, 0.2) is 12.7 Å². The lowest BCUT2D eigenvalue weighted by Gasteiger charge is -2.31. The summed E-state index contributed by atoms with van der Waals surface area (Å²) < 4.78 is 130. The highest BCUT2D eigenvalue weighted by Crippen LogP contribution is 2.41. The van der Waals surface area contributed by atoms with Gasteiger partial charge in [-0.2, -0.15) is 30.7 Å². The Morgan fingerprint density at radius 2 is 1.57 bits per heavy atom. The average molecular weight is 448 g/mol. The van der Waals surface area contributed by atoms with Crippen molar-refractivity contribution in [2.75, 3.05) is 6.61 Å². The number of hydrogen-bond donors (Lipinski definition) is 1. The first-order valence-electron chi connectivity index (χ1n) is 6.93. The van der Waals surface area contributed by atoms with Crippen molar-refractivity contribution < 1.29 is 62.8 Å². The smallest absolute Gasteiger partial charge is 0.466 e. The molecule has 0 rings (SSSR count). The van der Waals surface area contributed by atoms with E-state index in [4.69, 9.17) is 0 Å². The molecule has 2 N–H and O–H groups in total. The van der Waals surface area contributed by atoms with Crippen LogP contribution < -0.4 is 5.73 Å². The van der Waals surface area contributed by atoms with E-state index < -0.39 is 71.0 Å². The SMILES string of the molecule is C=CC(=O)OC(OCCCCC(F)(F)C(F)(F)S(=O)(=O)[O-])(C(N)=O)C(F)(F)F. The fraction of sp³-hybridized carbons (Fsp3) is 0.667. The number of esters is 1. The molecular formula is C12H13F7NO7S-. The minimum atomic E-state index is -6.71. The van der Waals surface area contributed by atoms with Gasteiger partial charge in [0.1, 0.15) is 0 Å². The molecule has 0 saturated carbocycles. The van der Waals surface area contributed by atoms with Gasteiger partial charge in [0.2, 0.25) is 0 Å². The van der Waals surface area contributed by atoms with E-state index in [1.54, 1.807) is 0 Å². The van der Waals surface area contributed by atoms with Crippen molar-refractivity contribution >= 4 is 22.0 Å². The Morgan fingerprint density at radius 1 is 1.07 bits per heavy atom. The van der Waals surface area contributed by atoms with Crippen LogP contribution in [0.5, 0.6) is 0 Å². The zero-order valence-corrected chi connectivity index (χ0v) is 14.4. The van der Waals surface area contributed by atoms with Crippen molar-refractivity contribution in [2.24, 2.45) is 5.73 Å². The molecule has 0 heterocycles. The molecule has 16 heteroatoms. The molecule has 0 aliphatic heterocycles. The number of primary amides is 1. The van der Waals surface area contributed by atoms with Gasteiger partial charge in [-0.1, -0.05) is 6.58 Å². The molecule has 0 aromatic carbocycles. The van der Waals surface area contributed by atoms with Crippen LogP contribution in [-0.2, 0) is 29.2 Å². The summed E-state index contributed by atoms with van der Waals surface area (Å²) in [4.78, 5) is 22.1. The van der Waals surface area contributed by atoms with Gasteiger partial charge in [-0.3, -0.25) is 4.79 Å². The van der Waals surface area contributed by atoms with Gasteiger partial charge in [0.15, 0.2) is 10.1 Å². The number of amides is 1. The number of halogens is 7. The number of ether oxygens (including phenoxy) is 2. The third kappa shape index (κ3) is 5.54. The predicted molar refractivity (Wildman–Crippen MR) is 73.7 cm³/mol. The summed E-state index contributed by atoms with van der Waals surface area (Å²) >= 11 is 0. The molecule has 0 fully saturated rings. The zero-order valence-electron chi connectivity index (χ0n) is 13.6. The van der Waals surface area contributed by atoms with E-state index in [0.717, 1.165) is 0 Å². The largest absolute Gasteiger partial charge is 0.743 e. The van der Waals surface area contributed by atoms with Crippen molar-refractivity contribution in [3.63, 3.8) is 0 Å². The monoisotopic (exact) mass is 448 g/mol. The van der Waals surface area contributed by atoms with E-state index in [1.807, 2.05) is 0 Å². The molecule has 1 atom stereocenters. The lowest BCUT2D eigenvalue weighted by atomic mass is 10.1. The number of unbranched alkanes of at least 4 members (excludes halogenated alkanes) is 1. The molecule has 0 saturated heterocycles. The van der Waals surface area contributed by atoms with E-state index in [0.29, 0.717) is 0 Å². The van der Waals surface area contributed by atoms with Crippen LogP contribution in [0.3, 0.4) is 0 Å². The number of nitrogens with two attached hydrogens (primary N) is 1. The maximum Gasteiger partial charge on any atom is 0.466 e. The van der Waals surface area contributed by atoms with Gasteiger partial charge in [0.25, 0.3) is 0 Å². The lowest BCUT2D eigenvalue weighted by Crippen LogP contribution is -2.60. The van der Waals surface area contributed by atoms with Gasteiger partial charge in [-0.15, -0.1) is 0 Å². The van der Waals surface area contributed by atoms with E-state index >= 15 is 0 Å². The number of carbonyl (C=O) groups excluding carboxylic acids is 2. The molecule has 0 aromatic heterocycles. The van der Waals surface area contributed by atoms with Crippen molar-refractivity contribution in [3.05, 3.63) is 12.7 Å². The lowest BCUT2D eigenvalue weighted by molar-refractivity contribution is -0.345. The second-order valence-electron chi connectivity index (χ2n) is 5.08. The Balaban J connectivity index is 5.13. The molecule has 0 aromatic rings. The molecule has 28 heavy (non-hydrogen) atoms.